The molecule has 41 heavy (non-hydrogen) atoms. The van der Waals surface area contributed by atoms with Crippen LogP contribution in [0.2, 0.25) is 0 Å². The molecule has 0 radical (unpaired) electrons. The Morgan fingerprint density at radius 3 is 2.41 bits per heavy atom. The fourth-order valence-corrected chi connectivity index (χ4v) is 5.22. The van der Waals surface area contributed by atoms with Crippen LogP contribution in [-0.2, 0) is 11.4 Å². The van der Waals surface area contributed by atoms with E-state index in [2.05, 4.69) is 45.6 Å². The van der Waals surface area contributed by atoms with Gasteiger partial charge >= 0.3 is 0 Å². The summed E-state index contributed by atoms with van der Waals surface area (Å²) in [6.07, 6.45) is 3.25. The molecule has 0 aliphatic carbocycles. The Morgan fingerprint density at radius 1 is 0.878 bits per heavy atom. The Morgan fingerprint density at radius 2 is 1.63 bits per heavy atom. The van der Waals surface area contributed by atoms with Gasteiger partial charge in [-0.15, -0.1) is 5.10 Å². The first kappa shape index (κ1) is 24.6. The molecule has 202 valence electrons. The third-order valence-corrected chi connectivity index (χ3v) is 7.18. The van der Waals surface area contributed by atoms with Crippen LogP contribution in [0.5, 0.6) is 23.1 Å². The zero-order valence-corrected chi connectivity index (χ0v) is 22.4. The van der Waals surface area contributed by atoms with Crippen molar-refractivity contribution in [1.29, 1.82) is 0 Å². The minimum absolute atomic E-state index is 0.0939. The SMILES string of the molecule is COc1ccc(/C=N\OCc2nc3c4c(ncn3n2)Oc2ccc3ccccc3c2[C@@H]4c2ccc(OC)cc2)cc1. The van der Waals surface area contributed by atoms with E-state index < -0.39 is 0 Å². The highest BCUT2D eigenvalue weighted by Gasteiger charge is 2.34. The van der Waals surface area contributed by atoms with E-state index in [0.717, 1.165) is 50.3 Å². The summed E-state index contributed by atoms with van der Waals surface area (Å²) in [6.45, 7) is 0.0939. The minimum Gasteiger partial charge on any atom is -0.497 e. The van der Waals surface area contributed by atoms with Crippen LogP contribution in [0.15, 0.2) is 96.4 Å². The molecule has 6 aromatic rings. The van der Waals surface area contributed by atoms with E-state index in [-0.39, 0.29) is 12.5 Å². The number of ether oxygens (including phenoxy) is 3. The first-order valence-electron chi connectivity index (χ1n) is 13.1. The Labute approximate surface area is 235 Å². The number of rotatable bonds is 7. The Balaban J connectivity index is 1.28. The number of oxime groups is 1. The molecular formula is C32H25N5O4. The van der Waals surface area contributed by atoms with E-state index in [1.165, 1.54) is 0 Å². The first-order chi connectivity index (χ1) is 20.2. The minimum atomic E-state index is -0.201. The first-order valence-corrected chi connectivity index (χ1v) is 13.1. The zero-order chi connectivity index (χ0) is 27.8. The molecule has 1 aliphatic heterocycles. The highest BCUT2D eigenvalue weighted by Crippen LogP contribution is 2.50. The number of hydrogen-bond acceptors (Lipinski definition) is 8. The standard InChI is InChI=1S/C32H25N5O4/c1-38-23-12-7-20(8-13-23)17-34-40-18-27-35-31-30-28(22-9-14-24(39-2)15-10-22)29-25-6-4-3-5-21(25)11-16-26(29)41-32(30)33-19-37(31)36-27/h3-17,19,28H,18H2,1-2H3/b34-17-/t28-/m0/s1. The second-order valence-corrected chi connectivity index (χ2v) is 9.55. The van der Waals surface area contributed by atoms with Crippen molar-refractivity contribution in [2.45, 2.75) is 12.5 Å². The number of hydrogen-bond donors (Lipinski definition) is 0. The summed E-state index contributed by atoms with van der Waals surface area (Å²) >= 11 is 0. The molecule has 0 fully saturated rings. The average molecular weight is 544 g/mol. The lowest BCUT2D eigenvalue weighted by Crippen LogP contribution is -2.15. The number of methoxy groups -OCH3 is 2. The Bertz CT molecular complexity index is 1900. The van der Waals surface area contributed by atoms with Gasteiger partial charge in [-0.3, -0.25) is 0 Å². The molecule has 0 bridgehead atoms. The highest BCUT2D eigenvalue weighted by molar-refractivity contribution is 5.90. The molecule has 0 spiro atoms. The topological polar surface area (TPSA) is 92.4 Å². The molecule has 0 saturated carbocycles. The molecule has 7 rings (SSSR count). The Kier molecular flexibility index (Phi) is 6.16. The van der Waals surface area contributed by atoms with Crippen LogP contribution in [0.3, 0.4) is 0 Å². The smallest absolute Gasteiger partial charge is 0.228 e. The summed E-state index contributed by atoms with van der Waals surface area (Å²) < 4.78 is 18.7. The van der Waals surface area contributed by atoms with Gasteiger partial charge in [0.15, 0.2) is 18.1 Å². The monoisotopic (exact) mass is 543 g/mol. The molecule has 1 atom stereocenters. The van der Waals surface area contributed by atoms with E-state index in [1.807, 2.05) is 54.6 Å². The van der Waals surface area contributed by atoms with E-state index in [0.29, 0.717) is 17.4 Å². The van der Waals surface area contributed by atoms with Crippen LogP contribution < -0.4 is 14.2 Å². The van der Waals surface area contributed by atoms with Crippen LogP contribution in [0.1, 0.15) is 34.0 Å². The van der Waals surface area contributed by atoms with Crippen LogP contribution in [0.4, 0.5) is 0 Å². The Hall–Kier alpha value is -5.44. The summed E-state index contributed by atoms with van der Waals surface area (Å²) in [5, 5.41) is 10.9. The van der Waals surface area contributed by atoms with Gasteiger partial charge in [0.25, 0.3) is 0 Å². The zero-order valence-electron chi connectivity index (χ0n) is 22.4. The van der Waals surface area contributed by atoms with Crippen molar-refractivity contribution in [3.05, 3.63) is 119 Å². The number of aromatic nitrogens is 4. The van der Waals surface area contributed by atoms with Crippen molar-refractivity contribution in [2.24, 2.45) is 5.16 Å². The molecule has 0 unspecified atom stereocenters. The van der Waals surface area contributed by atoms with Gasteiger partial charge in [-0.1, -0.05) is 47.6 Å². The molecule has 3 heterocycles. The van der Waals surface area contributed by atoms with Crippen molar-refractivity contribution in [2.75, 3.05) is 14.2 Å². The fraction of sp³-hybridized carbons (Fsp3) is 0.125. The third kappa shape index (κ3) is 4.47. The average Bonchev–Trinajstić information content (AvgIpc) is 3.45. The maximum Gasteiger partial charge on any atom is 0.228 e. The molecule has 0 N–H and O–H groups in total. The number of benzene rings is 4. The predicted molar refractivity (Wildman–Crippen MR) is 154 cm³/mol. The van der Waals surface area contributed by atoms with Gasteiger partial charge in [-0.05, 0) is 64.4 Å². The molecule has 9 heteroatoms. The molecule has 0 amide bonds. The second-order valence-electron chi connectivity index (χ2n) is 9.55. The molecule has 9 nitrogen and oxygen atoms in total. The molecule has 4 aromatic carbocycles. The van der Waals surface area contributed by atoms with E-state index >= 15 is 0 Å². The quantitative estimate of drug-likeness (QED) is 0.176. The van der Waals surface area contributed by atoms with Crippen molar-refractivity contribution >= 4 is 22.6 Å². The lowest BCUT2D eigenvalue weighted by molar-refractivity contribution is 0.126. The third-order valence-electron chi connectivity index (χ3n) is 7.18. The molecular weight excluding hydrogens is 518 g/mol. The fourth-order valence-electron chi connectivity index (χ4n) is 5.22. The second kappa shape index (κ2) is 10.3. The van der Waals surface area contributed by atoms with Crippen LogP contribution in [0, 0.1) is 0 Å². The summed E-state index contributed by atoms with van der Waals surface area (Å²) in [5.41, 5.74) is 4.49. The van der Waals surface area contributed by atoms with Gasteiger partial charge in [0.1, 0.15) is 23.6 Å². The van der Waals surface area contributed by atoms with Gasteiger partial charge in [0.05, 0.1) is 26.0 Å². The summed E-state index contributed by atoms with van der Waals surface area (Å²) in [5.74, 6) is 3.11. The van der Waals surface area contributed by atoms with Crippen LogP contribution in [-0.4, -0.2) is 40.0 Å². The summed E-state index contributed by atoms with van der Waals surface area (Å²) in [6, 6.07) is 28.0. The summed E-state index contributed by atoms with van der Waals surface area (Å²) in [4.78, 5) is 15.0. The van der Waals surface area contributed by atoms with E-state index in [4.69, 9.17) is 24.0 Å². The maximum atomic E-state index is 6.38. The largest absolute Gasteiger partial charge is 0.497 e. The van der Waals surface area contributed by atoms with Gasteiger partial charge in [-0.25, -0.2) is 14.5 Å². The van der Waals surface area contributed by atoms with E-state index in [9.17, 15) is 0 Å². The lowest BCUT2D eigenvalue weighted by atomic mass is 9.81. The van der Waals surface area contributed by atoms with Crippen molar-refractivity contribution in [3.8, 4) is 23.1 Å². The normalized spacial score (nSPS) is 14.0. The van der Waals surface area contributed by atoms with Crippen molar-refractivity contribution in [3.63, 3.8) is 0 Å². The van der Waals surface area contributed by atoms with Crippen molar-refractivity contribution < 1.29 is 19.0 Å². The number of fused-ring (bicyclic) bond motifs is 6. The molecule has 2 aromatic heterocycles. The maximum absolute atomic E-state index is 6.38. The molecule has 1 aliphatic rings. The van der Waals surface area contributed by atoms with Crippen LogP contribution in [0.25, 0.3) is 16.4 Å². The van der Waals surface area contributed by atoms with Crippen LogP contribution >= 0.6 is 0 Å². The number of nitrogens with zero attached hydrogens (tertiary/aromatic N) is 5. The lowest BCUT2D eigenvalue weighted by Gasteiger charge is -2.29. The predicted octanol–water partition coefficient (Wildman–Crippen LogP) is 6.13. The van der Waals surface area contributed by atoms with E-state index in [1.54, 1.807) is 31.3 Å². The van der Waals surface area contributed by atoms with Gasteiger partial charge in [0.2, 0.25) is 5.88 Å². The van der Waals surface area contributed by atoms with Gasteiger partial charge in [0, 0.05) is 11.5 Å². The van der Waals surface area contributed by atoms with Gasteiger partial charge < -0.3 is 19.0 Å². The van der Waals surface area contributed by atoms with Crippen molar-refractivity contribution in [1.82, 2.24) is 19.6 Å². The molecule has 0 saturated heterocycles. The summed E-state index contributed by atoms with van der Waals surface area (Å²) in [7, 11) is 3.29. The highest BCUT2D eigenvalue weighted by atomic mass is 16.6. The van der Waals surface area contributed by atoms with Gasteiger partial charge in [-0.2, -0.15) is 0 Å².